The largest absolute Gasteiger partial charge is 0.494 e. The minimum atomic E-state index is -1.71. The lowest BCUT2D eigenvalue weighted by atomic mass is 9.85. The Kier molecular flexibility index (Phi) is 4.89. The molecule has 1 N–H and O–H groups in total. The number of benzene rings is 1. The Bertz CT molecular complexity index is 457. The lowest BCUT2D eigenvalue weighted by Crippen LogP contribution is -2.41. The van der Waals surface area contributed by atoms with Crippen LogP contribution >= 0.6 is 0 Å². The molecule has 0 saturated carbocycles. The van der Waals surface area contributed by atoms with Gasteiger partial charge in [-0.15, -0.1) is 0 Å². The molecule has 0 aromatic heterocycles. The highest BCUT2D eigenvalue weighted by atomic mass is 19.1. The van der Waals surface area contributed by atoms with Crippen LogP contribution in [0.25, 0.3) is 0 Å². The van der Waals surface area contributed by atoms with Crippen LogP contribution in [0.5, 0.6) is 5.75 Å². The summed E-state index contributed by atoms with van der Waals surface area (Å²) in [5.41, 5.74) is -1.21. The third-order valence-corrected chi connectivity index (χ3v) is 3.21. The van der Waals surface area contributed by atoms with Crippen LogP contribution in [0, 0.1) is 5.82 Å². The molecular weight excluding hydrogens is 251 g/mol. The average molecular weight is 270 g/mol. The molecule has 19 heavy (non-hydrogen) atoms. The first-order valence-electron chi connectivity index (χ1n) is 6.07. The van der Waals surface area contributed by atoms with Crippen molar-refractivity contribution < 1.29 is 23.8 Å². The summed E-state index contributed by atoms with van der Waals surface area (Å²) in [5, 5.41) is 10.2. The topological polar surface area (TPSA) is 55.8 Å². The zero-order valence-corrected chi connectivity index (χ0v) is 11.6. The maximum absolute atomic E-state index is 13.6. The molecule has 2 unspecified atom stereocenters. The molecule has 0 fully saturated rings. The fourth-order valence-electron chi connectivity index (χ4n) is 1.73. The van der Waals surface area contributed by atoms with Gasteiger partial charge in [-0.1, -0.05) is 13.0 Å². The maximum Gasteiger partial charge on any atom is 0.338 e. The second kappa shape index (κ2) is 6.02. The molecule has 106 valence electrons. The van der Waals surface area contributed by atoms with Crippen molar-refractivity contribution in [1.29, 1.82) is 0 Å². The van der Waals surface area contributed by atoms with E-state index in [1.165, 1.54) is 26.2 Å². The van der Waals surface area contributed by atoms with Crippen molar-refractivity contribution in [3.63, 3.8) is 0 Å². The van der Waals surface area contributed by atoms with Crippen molar-refractivity contribution in [1.82, 2.24) is 0 Å². The molecule has 0 aliphatic rings. The summed E-state index contributed by atoms with van der Waals surface area (Å²) in [4.78, 5) is 11.7. The summed E-state index contributed by atoms with van der Waals surface area (Å²) in [7, 11) is 1.37. The Morgan fingerprint density at radius 3 is 2.63 bits per heavy atom. The lowest BCUT2D eigenvalue weighted by Gasteiger charge is -2.28. The van der Waals surface area contributed by atoms with Crippen molar-refractivity contribution in [2.45, 2.75) is 32.3 Å². The first-order chi connectivity index (χ1) is 8.84. The Morgan fingerprint density at radius 1 is 1.53 bits per heavy atom. The van der Waals surface area contributed by atoms with Gasteiger partial charge < -0.3 is 14.6 Å². The van der Waals surface area contributed by atoms with Crippen molar-refractivity contribution in [3.05, 3.63) is 29.6 Å². The van der Waals surface area contributed by atoms with E-state index >= 15 is 0 Å². The van der Waals surface area contributed by atoms with Gasteiger partial charge in [-0.25, -0.2) is 9.18 Å². The van der Waals surface area contributed by atoms with E-state index in [4.69, 9.17) is 9.47 Å². The normalized spacial score (nSPS) is 15.5. The van der Waals surface area contributed by atoms with Crippen molar-refractivity contribution in [3.8, 4) is 5.75 Å². The fraction of sp³-hybridized carbons (Fsp3) is 0.500. The number of carbonyl (C=O) groups excluding carboxylic acids is 1. The van der Waals surface area contributed by atoms with Crippen molar-refractivity contribution >= 4 is 5.97 Å². The molecule has 2 atom stereocenters. The molecular formula is C14H19FO4. The number of esters is 1. The smallest absolute Gasteiger partial charge is 0.338 e. The van der Waals surface area contributed by atoms with Gasteiger partial charge in [-0.3, -0.25) is 0 Å². The highest BCUT2D eigenvalue weighted by molar-refractivity contribution is 5.80. The van der Waals surface area contributed by atoms with Gasteiger partial charge in [0.15, 0.2) is 17.2 Å². The van der Waals surface area contributed by atoms with Crippen LogP contribution in [0.15, 0.2) is 18.2 Å². The van der Waals surface area contributed by atoms with Gasteiger partial charge in [0.1, 0.15) is 0 Å². The Balaban J connectivity index is 3.02. The van der Waals surface area contributed by atoms with E-state index in [2.05, 4.69) is 0 Å². The highest BCUT2D eigenvalue weighted by Gasteiger charge is 2.39. The molecule has 0 bridgehead atoms. The van der Waals surface area contributed by atoms with Gasteiger partial charge in [0.05, 0.1) is 13.7 Å². The molecule has 4 nitrogen and oxygen atoms in total. The Morgan fingerprint density at radius 2 is 2.16 bits per heavy atom. The van der Waals surface area contributed by atoms with Gasteiger partial charge in [0.2, 0.25) is 0 Å². The number of ether oxygens (including phenoxy) is 2. The number of carbonyl (C=O) groups is 1. The summed E-state index contributed by atoms with van der Waals surface area (Å²) in [5.74, 6) is -1.75. The molecule has 0 saturated heterocycles. The van der Waals surface area contributed by atoms with E-state index in [-0.39, 0.29) is 12.4 Å². The number of hydrogen-bond donors (Lipinski definition) is 1. The molecule has 0 heterocycles. The summed E-state index contributed by atoms with van der Waals surface area (Å²) in [6.07, 6.45) is 0. The van der Waals surface area contributed by atoms with Crippen LogP contribution in [0.3, 0.4) is 0 Å². The molecule has 1 rings (SSSR count). The summed E-state index contributed by atoms with van der Waals surface area (Å²) < 4.78 is 23.3. The highest BCUT2D eigenvalue weighted by Crippen LogP contribution is 2.31. The van der Waals surface area contributed by atoms with Gasteiger partial charge in [-0.05, 0) is 31.5 Å². The van der Waals surface area contributed by atoms with Crippen LogP contribution in [-0.4, -0.2) is 30.4 Å². The lowest BCUT2D eigenvalue weighted by molar-refractivity contribution is -0.165. The third kappa shape index (κ3) is 3.23. The molecule has 0 aliphatic carbocycles. The molecule has 0 radical (unpaired) electrons. The molecule has 1 aromatic rings. The predicted molar refractivity (Wildman–Crippen MR) is 68.6 cm³/mol. The van der Waals surface area contributed by atoms with Crippen LogP contribution in [0.1, 0.15) is 32.3 Å². The van der Waals surface area contributed by atoms with Crippen LogP contribution in [-0.2, 0) is 9.53 Å². The number of aliphatic hydroxyl groups is 1. The first-order valence-corrected chi connectivity index (χ1v) is 6.07. The van der Waals surface area contributed by atoms with E-state index in [9.17, 15) is 14.3 Å². The summed E-state index contributed by atoms with van der Waals surface area (Å²) in [6, 6.07) is 4.32. The minimum Gasteiger partial charge on any atom is -0.494 e. The van der Waals surface area contributed by atoms with Gasteiger partial charge >= 0.3 is 5.97 Å². The number of rotatable bonds is 5. The van der Waals surface area contributed by atoms with Crippen molar-refractivity contribution in [2.24, 2.45) is 0 Å². The molecule has 5 heteroatoms. The van der Waals surface area contributed by atoms with E-state index in [0.29, 0.717) is 5.56 Å². The van der Waals surface area contributed by atoms with Gasteiger partial charge in [0, 0.05) is 5.92 Å². The second-order valence-corrected chi connectivity index (χ2v) is 4.48. The zero-order valence-electron chi connectivity index (χ0n) is 11.6. The van der Waals surface area contributed by atoms with Crippen LogP contribution in [0.2, 0.25) is 0 Å². The summed E-state index contributed by atoms with van der Waals surface area (Å²) >= 11 is 0. The van der Waals surface area contributed by atoms with E-state index in [1.54, 1.807) is 19.9 Å². The molecule has 1 aromatic carbocycles. The van der Waals surface area contributed by atoms with Gasteiger partial charge in [-0.2, -0.15) is 0 Å². The van der Waals surface area contributed by atoms with E-state index < -0.39 is 23.3 Å². The molecule has 0 spiro atoms. The number of halogens is 1. The van der Waals surface area contributed by atoms with Crippen molar-refractivity contribution in [2.75, 3.05) is 13.7 Å². The van der Waals surface area contributed by atoms with E-state index in [1.807, 2.05) is 0 Å². The summed E-state index contributed by atoms with van der Waals surface area (Å²) in [6.45, 7) is 4.83. The maximum atomic E-state index is 13.6. The Hall–Kier alpha value is -1.62. The monoisotopic (exact) mass is 270 g/mol. The van der Waals surface area contributed by atoms with E-state index in [0.717, 1.165) is 0 Å². The molecule has 0 aliphatic heterocycles. The second-order valence-electron chi connectivity index (χ2n) is 4.48. The zero-order chi connectivity index (χ0) is 14.6. The SMILES string of the molecule is CCOC(=O)C(C)(O)C(C)c1ccc(OC)c(F)c1. The van der Waals surface area contributed by atoms with Gasteiger partial charge in [0.25, 0.3) is 0 Å². The Labute approximate surface area is 112 Å². The minimum absolute atomic E-state index is 0.117. The number of methoxy groups -OCH3 is 1. The fourth-order valence-corrected chi connectivity index (χ4v) is 1.73. The van der Waals surface area contributed by atoms with Crippen LogP contribution in [0.4, 0.5) is 4.39 Å². The number of hydrogen-bond acceptors (Lipinski definition) is 4. The first kappa shape index (κ1) is 15.4. The molecule has 0 amide bonds. The standard InChI is InChI=1S/C14H19FO4/c1-5-19-13(16)14(3,17)9(2)10-6-7-12(18-4)11(15)8-10/h6-9,17H,5H2,1-4H3. The third-order valence-electron chi connectivity index (χ3n) is 3.21. The quantitative estimate of drug-likeness (QED) is 0.834. The average Bonchev–Trinajstić information content (AvgIpc) is 2.37. The van der Waals surface area contributed by atoms with Crippen LogP contribution < -0.4 is 4.74 Å². The predicted octanol–water partition coefficient (Wildman–Crippen LogP) is 2.25.